The van der Waals surface area contributed by atoms with Crippen molar-refractivity contribution in [3.8, 4) is 0 Å². The summed E-state index contributed by atoms with van der Waals surface area (Å²) >= 11 is 0. The van der Waals surface area contributed by atoms with Gasteiger partial charge in [-0.1, -0.05) is 19.1 Å². The van der Waals surface area contributed by atoms with E-state index in [2.05, 4.69) is 19.2 Å². The number of hydrogen-bond donors (Lipinski definition) is 1. The molecule has 0 radical (unpaired) electrons. The number of rotatable bonds is 5. The highest BCUT2D eigenvalue weighted by molar-refractivity contribution is 5.23. The van der Waals surface area contributed by atoms with Crippen molar-refractivity contribution in [3.05, 3.63) is 35.6 Å². The first-order valence-electron chi connectivity index (χ1n) is 6.78. The van der Waals surface area contributed by atoms with Crippen LogP contribution >= 0.6 is 0 Å². The molecule has 2 atom stereocenters. The van der Waals surface area contributed by atoms with E-state index in [0.29, 0.717) is 0 Å². The summed E-state index contributed by atoms with van der Waals surface area (Å²) in [7, 11) is 0. The topological polar surface area (TPSA) is 21.3 Å². The summed E-state index contributed by atoms with van der Waals surface area (Å²) < 4.78 is 19.0. The number of ether oxygens (including phenoxy) is 1. The van der Waals surface area contributed by atoms with E-state index in [1.54, 1.807) is 0 Å². The van der Waals surface area contributed by atoms with Gasteiger partial charge >= 0.3 is 0 Å². The van der Waals surface area contributed by atoms with Crippen molar-refractivity contribution in [3.63, 3.8) is 0 Å². The molecule has 0 aliphatic carbocycles. The first kappa shape index (κ1) is 13.5. The standard InChI is InChI=1S/C15H22FNO/c1-3-10-17-14(15(2)9-4-11-18-15)12-5-7-13(16)8-6-12/h5-8,14,17H,3-4,9-11H2,1-2H3. The van der Waals surface area contributed by atoms with Crippen molar-refractivity contribution in [1.29, 1.82) is 0 Å². The molecule has 18 heavy (non-hydrogen) atoms. The molecular formula is C15H22FNO. The summed E-state index contributed by atoms with van der Waals surface area (Å²) in [6, 6.07) is 6.90. The molecule has 0 amide bonds. The Labute approximate surface area is 109 Å². The van der Waals surface area contributed by atoms with Crippen LogP contribution in [0.2, 0.25) is 0 Å². The first-order valence-corrected chi connectivity index (χ1v) is 6.78. The lowest BCUT2D eigenvalue weighted by molar-refractivity contribution is -0.0124. The Morgan fingerprint density at radius 3 is 2.67 bits per heavy atom. The average Bonchev–Trinajstić information content (AvgIpc) is 2.80. The van der Waals surface area contributed by atoms with Crippen LogP contribution < -0.4 is 5.32 Å². The molecule has 2 nitrogen and oxygen atoms in total. The fraction of sp³-hybridized carbons (Fsp3) is 0.600. The molecule has 2 rings (SSSR count). The van der Waals surface area contributed by atoms with E-state index in [1.807, 2.05) is 12.1 Å². The van der Waals surface area contributed by atoms with Crippen molar-refractivity contribution < 1.29 is 9.13 Å². The lowest BCUT2D eigenvalue weighted by Crippen LogP contribution is -2.41. The smallest absolute Gasteiger partial charge is 0.123 e. The largest absolute Gasteiger partial charge is 0.373 e. The summed E-state index contributed by atoms with van der Waals surface area (Å²) in [5.41, 5.74) is 0.932. The molecule has 1 N–H and O–H groups in total. The van der Waals surface area contributed by atoms with Crippen molar-refractivity contribution in [2.24, 2.45) is 0 Å². The second kappa shape index (κ2) is 5.81. The van der Waals surface area contributed by atoms with Gasteiger partial charge in [-0.05, 0) is 50.4 Å². The molecule has 1 aliphatic heterocycles. The third kappa shape index (κ3) is 2.90. The molecule has 1 saturated heterocycles. The Morgan fingerprint density at radius 2 is 2.11 bits per heavy atom. The van der Waals surface area contributed by atoms with E-state index in [9.17, 15) is 4.39 Å². The number of hydrogen-bond acceptors (Lipinski definition) is 2. The lowest BCUT2D eigenvalue weighted by Gasteiger charge is -2.34. The van der Waals surface area contributed by atoms with Gasteiger partial charge in [0.1, 0.15) is 5.82 Å². The molecule has 1 aliphatic rings. The minimum atomic E-state index is -0.189. The van der Waals surface area contributed by atoms with Crippen molar-refractivity contribution in [2.45, 2.75) is 44.8 Å². The van der Waals surface area contributed by atoms with E-state index >= 15 is 0 Å². The predicted molar refractivity (Wildman–Crippen MR) is 71.0 cm³/mol. The molecule has 1 fully saturated rings. The van der Waals surface area contributed by atoms with Crippen LogP contribution in [0.25, 0.3) is 0 Å². The van der Waals surface area contributed by atoms with Crippen LogP contribution in [0.4, 0.5) is 4.39 Å². The number of benzene rings is 1. The Hall–Kier alpha value is -0.930. The van der Waals surface area contributed by atoms with E-state index in [1.165, 1.54) is 12.1 Å². The van der Waals surface area contributed by atoms with E-state index < -0.39 is 0 Å². The van der Waals surface area contributed by atoms with Crippen LogP contribution in [0.15, 0.2) is 24.3 Å². The second-order valence-electron chi connectivity index (χ2n) is 5.20. The lowest BCUT2D eigenvalue weighted by atomic mass is 9.87. The Bertz CT molecular complexity index is 371. The fourth-order valence-corrected chi connectivity index (χ4v) is 2.66. The third-order valence-electron chi connectivity index (χ3n) is 3.66. The molecule has 1 aromatic carbocycles. The normalized spacial score (nSPS) is 25.3. The maximum Gasteiger partial charge on any atom is 0.123 e. The van der Waals surface area contributed by atoms with Crippen LogP contribution in [0.1, 0.15) is 44.7 Å². The molecule has 3 heteroatoms. The molecule has 0 spiro atoms. The Kier molecular flexibility index (Phi) is 4.36. The molecule has 1 heterocycles. The van der Waals surface area contributed by atoms with Crippen molar-refractivity contribution >= 4 is 0 Å². The summed E-state index contributed by atoms with van der Waals surface area (Å²) in [5.74, 6) is -0.189. The van der Waals surface area contributed by atoms with Gasteiger partial charge in [0.2, 0.25) is 0 Å². The van der Waals surface area contributed by atoms with Gasteiger partial charge in [0.25, 0.3) is 0 Å². The van der Waals surface area contributed by atoms with Gasteiger partial charge < -0.3 is 10.1 Å². The fourth-order valence-electron chi connectivity index (χ4n) is 2.66. The SMILES string of the molecule is CCCNC(c1ccc(F)cc1)C1(C)CCCO1. The van der Waals surface area contributed by atoms with Gasteiger partial charge in [-0.15, -0.1) is 0 Å². The minimum absolute atomic E-state index is 0.139. The van der Waals surface area contributed by atoms with Crippen LogP contribution in [0, 0.1) is 5.82 Å². The molecule has 0 saturated carbocycles. The molecule has 0 aromatic heterocycles. The molecular weight excluding hydrogens is 229 g/mol. The van der Waals surface area contributed by atoms with E-state index in [-0.39, 0.29) is 17.5 Å². The third-order valence-corrected chi connectivity index (χ3v) is 3.66. The zero-order valence-electron chi connectivity index (χ0n) is 11.2. The predicted octanol–water partition coefficient (Wildman–Crippen LogP) is 3.44. The van der Waals surface area contributed by atoms with Gasteiger partial charge in [0.05, 0.1) is 11.6 Å². The zero-order valence-corrected chi connectivity index (χ0v) is 11.2. The van der Waals surface area contributed by atoms with E-state index in [0.717, 1.165) is 38.0 Å². The van der Waals surface area contributed by atoms with Crippen molar-refractivity contribution in [2.75, 3.05) is 13.2 Å². The zero-order chi connectivity index (χ0) is 13.0. The maximum atomic E-state index is 13.0. The molecule has 100 valence electrons. The Morgan fingerprint density at radius 1 is 1.39 bits per heavy atom. The number of nitrogens with one attached hydrogen (secondary N) is 1. The quantitative estimate of drug-likeness (QED) is 0.865. The van der Waals surface area contributed by atoms with E-state index in [4.69, 9.17) is 4.74 Å². The highest BCUT2D eigenvalue weighted by atomic mass is 19.1. The van der Waals surface area contributed by atoms with Crippen LogP contribution in [0.3, 0.4) is 0 Å². The van der Waals surface area contributed by atoms with Crippen LogP contribution in [-0.2, 0) is 4.74 Å². The van der Waals surface area contributed by atoms with Gasteiger partial charge in [-0.25, -0.2) is 4.39 Å². The Balaban J connectivity index is 2.21. The minimum Gasteiger partial charge on any atom is -0.373 e. The first-order chi connectivity index (χ1) is 8.65. The summed E-state index contributed by atoms with van der Waals surface area (Å²) in [4.78, 5) is 0. The van der Waals surface area contributed by atoms with Crippen LogP contribution in [-0.4, -0.2) is 18.8 Å². The van der Waals surface area contributed by atoms with Gasteiger partial charge in [0, 0.05) is 6.61 Å². The molecule has 1 aromatic rings. The van der Waals surface area contributed by atoms with Crippen LogP contribution in [0.5, 0.6) is 0 Å². The summed E-state index contributed by atoms with van der Waals surface area (Å²) in [6.07, 6.45) is 3.22. The average molecular weight is 251 g/mol. The highest BCUT2D eigenvalue weighted by Crippen LogP contribution is 2.37. The second-order valence-corrected chi connectivity index (χ2v) is 5.20. The summed E-state index contributed by atoms with van der Waals surface area (Å²) in [6.45, 7) is 6.06. The molecule has 2 unspecified atom stereocenters. The monoisotopic (exact) mass is 251 g/mol. The molecule has 0 bridgehead atoms. The van der Waals surface area contributed by atoms with Gasteiger partial charge in [0.15, 0.2) is 0 Å². The van der Waals surface area contributed by atoms with Gasteiger partial charge in [-0.2, -0.15) is 0 Å². The highest BCUT2D eigenvalue weighted by Gasteiger charge is 2.38. The maximum absolute atomic E-state index is 13.0. The van der Waals surface area contributed by atoms with Gasteiger partial charge in [-0.3, -0.25) is 0 Å². The summed E-state index contributed by atoms with van der Waals surface area (Å²) in [5, 5.41) is 3.54. The number of halogens is 1. The van der Waals surface area contributed by atoms with Crippen molar-refractivity contribution in [1.82, 2.24) is 5.32 Å².